The van der Waals surface area contributed by atoms with Crippen molar-refractivity contribution in [3.05, 3.63) is 58.7 Å². The molecular formula is C32H41NO9. The van der Waals surface area contributed by atoms with Gasteiger partial charge in [-0.2, -0.15) is 0 Å². The van der Waals surface area contributed by atoms with Crippen LogP contribution in [0.15, 0.2) is 36.4 Å². The van der Waals surface area contributed by atoms with Crippen molar-refractivity contribution in [3.8, 4) is 17.2 Å². The van der Waals surface area contributed by atoms with E-state index in [2.05, 4.69) is 5.32 Å². The van der Waals surface area contributed by atoms with E-state index in [1.54, 1.807) is 43.3 Å². The summed E-state index contributed by atoms with van der Waals surface area (Å²) in [6, 6.07) is 8.28. The van der Waals surface area contributed by atoms with Gasteiger partial charge >= 0.3 is 5.97 Å². The van der Waals surface area contributed by atoms with Gasteiger partial charge in [0.15, 0.2) is 6.29 Å². The number of carbonyl (C=O) groups excluding carboxylic acids is 3. The standard InChI is InChI=1S/C32H41NO9/c1-20-9-8-12-23(34)11-7-5-6-10-22-17-26(35)30(31(37)29(22)32(38)42-20)25(21-13-15-24(39-2)16-14-21)18-27(36)33-19-28(40-3)41-4/h6,10,13-17,20,25,28,35,37H,5,7-9,11-12,18-19H2,1-4H3,(H,33,36)/b10-6+/t20-,25?/m0/s1. The van der Waals surface area contributed by atoms with E-state index in [-0.39, 0.29) is 47.1 Å². The van der Waals surface area contributed by atoms with Gasteiger partial charge in [0.05, 0.1) is 19.8 Å². The third kappa shape index (κ3) is 8.80. The van der Waals surface area contributed by atoms with Crippen LogP contribution in [-0.2, 0) is 23.8 Å². The number of methoxy groups -OCH3 is 3. The number of cyclic esters (lactones) is 1. The topological polar surface area (TPSA) is 141 Å². The highest BCUT2D eigenvalue weighted by molar-refractivity contribution is 5.98. The van der Waals surface area contributed by atoms with E-state index >= 15 is 0 Å². The minimum atomic E-state index is -0.835. The molecular weight excluding hydrogens is 542 g/mol. The Morgan fingerprint density at radius 1 is 1.07 bits per heavy atom. The number of fused-ring (bicyclic) bond motifs is 1. The number of amides is 1. The molecule has 0 fully saturated rings. The van der Waals surface area contributed by atoms with Crippen molar-refractivity contribution in [2.75, 3.05) is 27.9 Å². The number of ketones is 1. The first kappa shape index (κ1) is 32.6. The van der Waals surface area contributed by atoms with Crippen LogP contribution in [0.5, 0.6) is 17.2 Å². The quantitative estimate of drug-likeness (QED) is 0.279. The van der Waals surface area contributed by atoms with Crippen molar-refractivity contribution in [1.82, 2.24) is 5.32 Å². The number of allylic oxidation sites excluding steroid dienone is 1. The number of phenolic OH excluding ortho intramolecular Hbond substituents is 2. The molecule has 0 spiro atoms. The summed E-state index contributed by atoms with van der Waals surface area (Å²) in [5, 5.41) is 25.6. The number of aromatic hydroxyl groups is 2. The lowest BCUT2D eigenvalue weighted by Crippen LogP contribution is -2.34. The van der Waals surface area contributed by atoms with Gasteiger partial charge in [0, 0.05) is 45.0 Å². The molecule has 0 aromatic heterocycles. The summed E-state index contributed by atoms with van der Waals surface area (Å²) in [5.41, 5.74) is 0.801. The number of rotatable bonds is 9. The minimum absolute atomic E-state index is 0.0221. The SMILES string of the molecule is COc1ccc(C(CC(=O)NCC(OC)OC)c2c(O)cc3c(c2O)C(=O)O[C@@H](C)CCCC(=O)CCC/C=C/3)cc1. The highest BCUT2D eigenvalue weighted by Gasteiger charge is 2.31. The summed E-state index contributed by atoms with van der Waals surface area (Å²) < 4.78 is 21.2. The highest BCUT2D eigenvalue weighted by atomic mass is 16.7. The van der Waals surface area contributed by atoms with Crippen molar-refractivity contribution in [2.45, 2.75) is 70.2 Å². The molecule has 1 heterocycles. The fourth-order valence-electron chi connectivity index (χ4n) is 4.96. The number of Topliss-reactive ketones (excluding diaryl/α,β-unsaturated/α-hetero) is 1. The van der Waals surface area contributed by atoms with Gasteiger partial charge in [-0.25, -0.2) is 4.79 Å². The van der Waals surface area contributed by atoms with Crippen LogP contribution in [0.25, 0.3) is 6.08 Å². The molecule has 3 N–H and O–H groups in total. The van der Waals surface area contributed by atoms with Crippen LogP contribution in [0.4, 0.5) is 0 Å². The first-order valence-corrected chi connectivity index (χ1v) is 14.1. The van der Waals surface area contributed by atoms with Gasteiger partial charge in [-0.1, -0.05) is 24.3 Å². The van der Waals surface area contributed by atoms with Gasteiger partial charge in [0.1, 0.15) is 28.6 Å². The Morgan fingerprint density at radius 3 is 2.43 bits per heavy atom. The zero-order valence-electron chi connectivity index (χ0n) is 24.7. The first-order valence-electron chi connectivity index (χ1n) is 14.1. The average Bonchev–Trinajstić information content (AvgIpc) is 2.96. The maximum Gasteiger partial charge on any atom is 0.342 e. The third-order valence-corrected chi connectivity index (χ3v) is 7.30. The number of carbonyl (C=O) groups is 3. The molecule has 1 unspecified atom stereocenters. The van der Waals surface area contributed by atoms with E-state index in [4.69, 9.17) is 18.9 Å². The summed E-state index contributed by atoms with van der Waals surface area (Å²) in [7, 11) is 4.45. The molecule has 1 aliphatic rings. The predicted octanol–water partition coefficient (Wildman–Crippen LogP) is 4.85. The number of ether oxygens (including phenoxy) is 4. The smallest absolute Gasteiger partial charge is 0.342 e. The van der Waals surface area contributed by atoms with E-state index in [9.17, 15) is 24.6 Å². The third-order valence-electron chi connectivity index (χ3n) is 7.30. The van der Waals surface area contributed by atoms with Crippen LogP contribution in [0.2, 0.25) is 0 Å². The number of hydrogen-bond acceptors (Lipinski definition) is 9. The predicted molar refractivity (Wildman–Crippen MR) is 157 cm³/mol. The fourth-order valence-corrected chi connectivity index (χ4v) is 4.96. The van der Waals surface area contributed by atoms with Crippen molar-refractivity contribution >= 4 is 23.7 Å². The molecule has 10 nitrogen and oxygen atoms in total. The molecule has 0 radical (unpaired) electrons. The summed E-state index contributed by atoms with van der Waals surface area (Å²) in [5.74, 6) is -1.97. The monoisotopic (exact) mass is 583 g/mol. The zero-order valence-corrected chi connectivity index (χ0v) is 24.7. The number of hydrogen-bond donors (Lipinski definition) is 3. The lowest BCUT2D eigenvalue weighted by atomic mass is 9.84. The van der Waals surface area contributed by atoms with E-state index in [0.717, 1.165) is 0 Å². The van der Waals surface area contributed by atoms with Gasteiger partial charge in [-0.15, -0.1) is 0 Å². The molecule has 0 bridgehead atoms. The normalized spacial score (nSPS) is 18.0. The lowest BCUT2D eigenvalue weighted by Gasteiger charge is -2.23. The van der Waals surface area contributed by atoms with Crippen LogP contribution in [0.3, 0.4) is 0 Å². The van der Waals surface area contributed by atoms with E-state index < -0.39 is 30.0 Å². The molecule has 1 aliphatic heterocycles. The van der Waals surface area contributed by atoms with Gasteiger partial charge in [0.25, 0.3) is 0 Å². The molecule has 42 heavy (non-hydrogen) atoms. The van der Waals surface area contributed by atoms with E-state index in [1.165, 1.54) is 27.4 Å². The van der Waals surface area contributed by atoms with Crippen LogP contribution in [0, 0.1) is 0 Å². The minimum Gasteiger partial charge on any atom is -0.507 e. The van der Waals surface area contributed by atoms with Crippen molar-refractivity contribution in [3.63, 3.8) is 0 Å². The van der Waals surface area contributed by atoms with E-state index in [1.807, 2.05) is 0 Å². The lowest BCUT2D eigenvalue weighted by molar-refractivity contribution is -0.127. The summed E-state index contributed by atoms with van der Waals surface area (Å²) >= 11 is 0. The summed E-state index contributed by atoms with van der Waals surface area (Å²) in [6.07, 6.45) is 5.31. The molecule has 2 aromatic rings. The van der Waals surface area contributed by atoms with Crippen LogP contribution in [0.1, 0.15) is 84.8 Å². The van der Waals surface area contributed by atoms with Crippen molar-refractivity contribution < 1.29 is 43.5 Å². The molecule has 0 aliphatic carbocycles. The molecule has 10 heteroatoms. The van der Waals surface area contributed by atoms with Crippen molar-refractivity contribution in [1.29, 1.82) is 0 Å². The second-order valence-corrected chi connectivity index (χ2v) is 10.3. The largest absolute Gasteiger partial charge is 0.507 e. The Hall–Kier alpha value is -3.89. The molecule has 2 atom stereocenters. The number of esters is 1. The van der Waals surface area contributed by atoms with Crippen LogP contribution >= 0.6 is 0 Å². The number of phenols is 2. The van der Waals surface area contributed by atoms with E-state index in [0.29, 0.717) is 49.8 Å². The zero-order chi connectivity index (χ0) is 30.6. The van der Waals surface area contributed by atoms with Gasteiger partial charge in [-0.3, -0.25) is 9.59 Å². The maximum atomic E-state index is 13.5. The Morgan fingerprint density at radius 2 is 1.76 bits per heavy atom. The average molecular weight is 584 g/mol. The Bertz CT molecular complexity index is 1250. The highest BCUT2D eigenvalue weighted by Crippen LogP contribution is 2.44. The van der Waals surface area contributed by atoms with Gasteiger partial charge in [-0.05, 0) is 61.9 Å². The number of nitrogens with one attached hydrogen (secondary N) is 1. The molecule has 0 saturated heterocycles. The molecule has 1 amide bonds. The van der Waals surface area contributed by atoms with Crippen molar-refractivity contribution in [2.24, 2.45) is 0 Å². The summed E-state index contributed by atoms with van der Waals surface area (Å²) in [6.45, 7) is 1.82. The number of benzene rings is 2. The van der Waals surface area contributed by atoms with Crippen LogP contribution in [-0.4, -0.2) is 68.1 Å². The van der Waals surface area contributed by atoms with Crippen LogP contribution < -0.4 is 10.1 Å². The maximum absolute atomic E-state index is 13.5. The second-order valence-electron chi connectivity index (χ2n) is 10.3. The first-order chi connectivity index (χ1) is 20.2. The fraction of sp³-hybridized carbons (Fsp3) is 0.469. The Labute approximate surface area is 246 Å². The Balaban J connectivity index is 2.08. The molecule has 2 aromatic carbocycles. The Kier molecular flexibility index (Phi) is 12.4. The van der Waals surface area contributed by atoms with Gasteiger partial charge in [0.2, 0.25) is 5.91 Å². The van der Waals surface area contributed by atoms with Gasteiger partial charge < -0.3 is 34.5 Å². The molecule has 228 valence electrons. The molecule has 0 saturated carbocycles. The molecule has 3 rings (SSSR count). The summed E-state index contributed by atoms with van der Waals surface area (Å²) in [4.78, 5) is 38.6. The second kappa shape index (κ2) is 15.9.